The molecule has 0 radical (unpaired) electrons. The van der Waals surface area contributed by atoms with Gasteiger partial charge in [0.1, 0.15) is 21.5 Å². The Labute approximate surface area is 94.2 Å². The van der Waals surface area contributed by atoms with Crippen molar-refractivity contribution in [1.82, 2.24) is 9.97 Å². The molecule has 90 valence electrons. The molecule has 1 aromatic heterocycles. The van der Waals surface area contributed by atoms with Crippen LogP contribution in [0.2, 0.25) is 0 Å². The molecule has 0 aliphatic carbocycles. The normalized spacial score (nSPS) is 11.3. The van der Waals surface area contributed by atoms with Crippen molar-refractivity contribution in [3.8, 4) is 0 Å². The van der Waals surface area contributed by atoms with Crippen molar-refractivity contribution in [3.05, 3.63) is 6.07 Å². The maximum atomic E-state index is 10.9. The fourth-order valence-corrected chi connectivity index (χ4v) is 1.80. The molecule has 0 amide bonds. The number of nitrogens with zero attached hydrogens (tertiary/aromatic N) is 2. The fraction of sp³-hybridized carbons (Fsp3) is 0.500. The van der Waals surface area contributed by atoms with Gasteiger partial charge in [0.2, 0.25) is 5.95 Å². The number of hydrogen-bond donors (Lipinski definition) is 3. The Hall–Kier alpha value is -1.57. The van der Waals surface area contributed by atoms with Crippen LogP contribution < -0.4 is 16.8 Å². The molecule has 0 fully saturated rings. The minimum atomic E-state index is -2.92. The summed E-state index contributed by atoms with van der Waals surface area (Å²) >= 11 is 0. The zero-order chi connectivity index (χ0) is 12.2. The second-order valence-corrected chi connectivity index (χ2v) is 5.71. The molecule has 0 bridgehead atoms. The fourth-order valence-electron chi connectivity index (χ4n) is 1.13. The Bertz CT molecular complexity index is 439. The molecule has 0 unspecified atom stereocenters. The number of anilines is 3. The van der Waals surface area contributed by atoms with E-state index in [0.717, 1.165) is 0 Å². The molecule has 0 aliphatic heterocycles. The number of hydrogen-bond acceptors (Lipinski definition) is 7. The van der Waals surface area contributed by atoms with Crippen molar-refractivity contribution in [1.29, 1.82) is 0 Å². The maximum absolute atomic E-state index is 10.9. The number of sulfone groups is 1. The van der Waals surface area contributed by atoms with Gasteiger partial charge in [-0.15, -0.1) is 0 Å². The Morgan fingerprint density at radius 3 is 2.62 bits per heavy atom. The molecule has 1 heterocycles. The molecule has 1 aromatic rings. The summed E-state index contributed by atoms with van der Waals surface area (Å²) in [6, 6.07) is 1.54. The van der Waals surface area contributed by atoms with Crippen LogP contribution in [0.15, 0.2) is 6.07 Å². The average Bonchev–Trinajstić information content (AvgIpc) is 2.09. The predicted molar refractivity (Wildman–Crippen MR) is 63.7 cm³/mol. The van der Waals surface area contributed by atoms with Crippen molar-refractivity contribution in [2.24, 2.45) is 0 Å². The molecule has 16 heavy (non-hydrogen) atoms. The third-order valence-corrected chi connectivity index (χ3v) is 2.79. The second kappa shape index (κ2) is 4.97. The summed E-state index contributed by atoms with van der Waals surface area (Å²) in [7, 11) is -2.92. The van der Waals surface area contributed by atoms with Gasteiger partial charge in [0.05, 0.1) is 5.75 Å². The Morgan fingerprint density at radius 2 is 2.06 bits per heavy atom. The van der Waals surface area contributed by atoms with Gasteiger partial charge in [0.25, 0.3) is 0 Å². The van der Waals surface area contributed by atoms with Crippen molar-refractivity contribution in [2.45, 2.75) is 6.42 Å². The first-order valence-electron chi connectivity index (χ1n) is 4.68. The van der Waals surface area contributed by atoms with Crippen LogP contribution in [-0.4, -0.2) is 36.9 Å². The summed E-state index contributed by atoms with van der Waals surface area (Å²) in [5.74, 6) is 0.998. The largest absolute Gasteiger partial charge is 0.383 e. The Morgan fingerprint density at radius 1 is 1.38 bits per heavy atom. The van der Waals surface area contributed by atoms with Crippen LogP contribution in [0.4, 0.5) is 17.6 Å². The highest BCUT2D eigenvalue weighted by Gasteiger charge is 2.02. The predicted octanol–water partition coefficient (Wildman–Crippen LogP) is -0.512. The molecule has 7 nitrogen and oxygen atoms in total. The minimum Gasteiger partial charge on any atom is -0.383 e. The van der Waals surface area contributed by atoms with E-state index in [1.54, 1.807) is 0 Å². The number of nitrogens with one attached hydrogen (secondary N) is 1. The first-order valence-corrected chi connectivity index (χ1v) is 6.74. The van der Waals surface area contributed by atoms with Crippen LogP contribution in [0.5, 0.6) is 0 Å². The molecule has 0 spiro atoms. The minimum absolute atomic E-state index is 0.0885. The van der Waals surface area contributed by atoms with Crippen LogP contribution in [0.25, 0.3) is 0 Å². The van der Waals surface area contributed by atoms with E-state index in [4.69, 9.17) is 11.5 Å². The quantitative estimate of drug-likeness (QED) is 0.596. The van der Waals surface area contributed by atoms with Gasteiger partial charge in [-0.05, 0) is 6.42 Å². The first kappa shape index (κ1) is 12.5. The summed E-state index contributed by atoms with van der Waals surface area (Å²) in [5.41, 5.74) is 10.9. The van der Waals surface area contributed by atoms with E-state index in [1.807, 2.05) is 0 Å². The Balaban J connectivity index is 2.43. The average molecular weight is 245 g/mol. The smallest absolute Gasteiger partial charge is 0.223 e. The van der Waals surface area contributed by atoms with Gasteiger partial charge in [-0.3, -0.25) is 0 Å². The van der Waals surface area contributed by atoms with Gasteiger partial charge in [0.15, 0.2) is 0 Å². The molecule has 0 aromatic carbocycles. The van der Waals surface area contributed by atoms with Gasteiger partial charge in [-0.2, -0.15) is 9.97 Å². The number of nitrogen functional groups attached to an aromatic ring is 2. The summed E-state index contributed by atoms with van der Waals surface area (Å²) in [4.78, 5) is 7.60. The van der Waals surface area contributed by atoms with Gasteiger partial charge < -0.3 is 16.8 Å². The molecule has 0 atom stereocenters. The molecular weight excluding hydrogens is 230 g/mol. The van der Waals surface area contributed by atoms with Crippen molar-refractivity contribution in [2.75, 3.05) is 35.3 Å². The van der Waals surface area contributed by atoms with Crippen LogP contribution >= 0.6 is 0 Å². The molecular formula is C8H15N5O2S. The summed E-state index contributed by atoms with van der Waals surface area (Å²) in [6.07, 6.45) is 1.70. The maximum Gasteiger partial charge on any atom is 0.223 e. The highest BCUT2D eigenvalue weighted by Crippen LogP contribution is 2.08. The van der Waals surface area contributed by atoms with Crippen molar-refractivity contribution < 1.29 is 8.42 Å². The summed E-state index contributed by atoms with van der Waals surface area (Å²) in [6.45, 7) is 0.489. The summed E-state index contributed by atoms with van der Waals surface area (Å²) in [5, 5.41) is 2.92. The topological polar surface area (TPSA) is 124 Å². The van der Waals surface area contributed by atoms with E-state index < -0.39 is 9.84 Å². The van der Waals surface area contributed by atoms with Crippen molar-refractivity contribution in [3.63, 3.8) is 0 Å². The molecule has 8 heteroatoms. The standard InChI is InChI=1S/C8H15N5O2S/c1-16(14,15)4-2-3-11-7-5-6(9)12-8(10)13-7/h5H,2-4H2,1H3,(H5,9,10,11,12,13). The van der Waals surface area contributed by atoms with Crippen LogP contribution in [0.3, 0.4) is 0 Å². The van der Waals surface area contributed by atoms with Gasteiger partial charge in [-0.25, -0.2) is 8.42 Å². The van der Waals surface area contributed by atoms with E-state index in [-0.39, 0.29) is 17.5 Å². The third-order valence-electron chi connectivity index (χ3n) is 1.76. The van der Waals surface area contributed by atoms with E-state index in [9.17, 15) is 8.42 Å². The number of aromatic nitrogens is 2. The number of nitrogens with two attached hydrogens (primary N) is 2. The highest BCUT2D eigenvalue weighted by molar-refractivity contribution is 7.90. The molecule has 0 saturated heterocycles. The lowest BCUT2D eigenvalue weighted by Crippen LogP contribution is -2.11. The van der Waals surface area contributed by atoms with E-state index >= 15 is 0 Å². The molecule has 0 aliphatic rings. The lowest BCUT2D eigenvalue weighted by molar-refractivity contribution is 0.600. The van der Waals surface area contributed by atoms with Gasteiger partial charge in [0, 0.05) is 18.9 Å². The zero-order valence-corrected chi connectivity index (χ0v) is 9.79. The monoisotopic (exact) mass is 245 g/mol. The second-order valence-electron chi connectivity index (χ2n) is 3.45. The highest BCUT2D eigenvalue weighted by atomic mass is 32.2. The van der Waals surface area contributed by atoms with Crippen LogP contribution in [0.1, 0.15) is 6.42 Å². The lowest BCUT2D eigenvalue weighted by atomic mass is 10.4. The van der Waals surface area contributed by atoms with Gasteiger partial charge >= 0.3 is 0 Å². The zero-order valence-electron chi connectivity index (χ0n) is 8.97. The molecule has 0 saturated carbocycles. The summed E-state index contributed by atoms with van der Waals surface area (Å²) < 4.78 is 21.7. The van der Waals surface area contributed by atoms with E-state index in [0.29, 0.717) is 18.8 Å². The Kier molecular flexibility index (Phi) is 3.88. The molecule has 1 rings (SSSR count). The van der Waals surface area contributed by atoms with Crippen LogP contribution in [0, 0.1) is 0 Å². The van der Waals surface area contributed by atoms with Gasteiger partial charge in [-0.1, -0.05) is 0 Å². The molecule has 5 N–H and O–H groups in total. The van der Waals surface area contributed by atoms with E-state index in [2.05, 4.69) is 15.3 Å². The van der Waals surface area contributed by atoms with E-state index in [1.165, 1.54) is 12.3 Å². The first-order chi connectivity index (χ1) is 7.37. The SMILES string of the molecule is CS(=O)(=O)CCCNc1cc(N)nc(N)n1. The van der Waals surface area contributed by atoms with Crippen molar-refractivity contribution >= 4 is 27.4 Å². The lowest BCUT2D eigenvalue weighted by Gasteiger charge is -2.06. The van der Waals surface area contributed by atoms with Crippen LogP contribution in [-0.2, 0) is 9.84 Å². The third kappa shape index (κ3) is 4.78. The number of rotatable bonds is 5.